The number of hydrogen-bond acceptors (Lipinski definition) is 4. The highest BCUT2D eigenvalue weighted by atomic mass is 19.1. The number of nitrogens with zero attached hydrogens (tertiary/aromatic N) is 2. The zero-order valence-electron chi connectivity index (χ0n) is 15.7. The van der Waals surface area contributed by atoms with E-state index in [1.54, 1.807) is 35.2 Å². The standard InChI is InChI=1S/C22H20FN3O3/c23-15-7-6-8-16(13-15)25-21(27)18-10-3-2-9-17(18)20-19(24-14-29-20)22(28)26-11-4-1-5-12-26/h2-3,6-10,13-14H,1,4-5,11-12H2,(H,25,27). The van der Waals surface area contributed by atoms with Crippen molar-refractivity contribution in [1.29, 1.82) is 0 Å². The number of piperidine rings is 1. The lowest BCUT2D eigenvalue weighted by Crippen LogP contribution is -2.36. The summed E-state index contributed by atoms with van der Waals surface area (Å²) < 4.78 is 18.9. The third-order valence-electron chi connectivity index (χ3n) is 4.91. The number of rotatable bonds is 4. The lowest BCUT2D eigenvalue weighted by molar-refractivity contribution is 0.0719. The Morgan fingerprint density at radius 2 is 1.83 bits per heavy atom. The van der Waals surface area contributed by atoms with Crippen molar-refractivity contribution in [3.63, 3.8) is 0 Å². The third-order valence-corrected chi connectivity index (χ3v) is 4.91. The number of anilines is 1. The molecular formula is C22H20FN3O3. The first kappa shape index (κ1) is 18.9. The highest BCUT2D eigenvalue weighted by Gasteiger charge is 2.27. The average Bonchev–Trinajstić information content (AvgIpc) is 3.23. The normalized spacial score (nSPS) is 13.9. The van der Waals surface area contributed by atoms with Crippen LogP contribution in [0.2, 0.25) is 0 Å². The van der Waals surface area contributed by atoms with E-state index in [9.17, 15) is 14.0 Å². The summed E-state index contributed by atoms with van der Waals surface area (Å²) in [6.45, 7) is 1.37. The van der Waals surface area contributed by atoms with Crippen LogP contribution in [0, 0.1) is 5.82 Å². The third kappa shape index (κ3) is 4.03. The first-order chi connectivity index (χ1) is 14.1. The van der Waals surface area contributed by atoms with Crippen molar-refractivity contribution in [2.45, 2.75) is 19.3 Å². The second-order valence-electron chi connectivity index (χ2n) is 6.89. The highest BCUT2D eigenvalue weighted by molar-refractivity contribution is 6.09. The molecule has 0 radical (unpaired) electrons. The number of halogens is 1. The average molecular weight is 393 g/mol. The van der Waals surface area contributed by atoms with Gasteiger partial charge in [0.2, 0.25) is 0 Å². The molecule has 1 fully saturated rings. The minimum absolute atomic E-state index is 0.193. The van der Waals surface area contributed by atoms with Crippen molar-refractivity contribution in [3.8, 4) is 11.3 Å². The van der Waals surface area contributed by atoms with E-state index in [1.165, 1.54) is 24.6 Å². The van der Waals surface area contributed by atoms with E-state index in [-0.39, 0.29) is 17.4 Å². The molecule has 148 valence electrons. The number of amides is 2. The van der Waals surface area contributed by atoms with Crippen LogP contribution >= 0.6 is 0 Å². The molecule has 2 heterocycles. The van der Waals surface area contributed by atoms with Crippen molar-refractivity contribution in [1.82, 2.24) is 9.88 Å². The summed E-state index contributed by atoms with van der Waals surface area (Å²) in [5, 5.41) is 2.68. The van der Waals surface area contributed by atoms with Crippen LogP contribution in [0.1, 0.15) is 40.1 Å². The van der Waals surface area contributed by atoms with Gasteiger partial charge < -0.3 is 14.6 Å². The van der Waals surface area contributed by atoms with Gasteiger partial charge in [-0.1, -0.05) is 24.3 Å². The van der Waals surface area contributed by atoms with Gasteiger partial charge >= 0.3 is 0 Å². The molecule has 0 bridgehead atoms. The summed E-state index contributed by atoms with van der Waals surface area (Å²) in [6, 6.07) is 12.5. The Bertz CT molecular complexity index is 1040. The molecule has 1 aromatic heterocycles. The molecule has 0 spiro atoms. The molecule has 2 aromatic carbocycles. The number of carbonyl (C=O) groups excluding carboxylic acids is 2. The number of nitrogens with one attached hydrogen (secondary N) is 1. The summed E-state index contributed by atoms with van der Waals surface area (Å²) in [6.07, 6.45) is 4.25. The summed E-state index contributed by atoms with van der Waals surface area (Å²) in [5.41, 5.74) is 1.30. The highest BCUT2D eigenvalue weighted by Crippen LogP contribution is 2.29. The van der Waals surface area contributed by atoms with E-state index in [2.05, 4.69) is 10.3 Å². The Balaban J connectivity index is 1.65. The summed E-state index contributed by atoms with van der Waals surface area (Å²) in [5.74, 6) is -0.820. The molecule has 7 heteroatoms. The SMILES string of the molecule is O=C(Nc1cccc(F)c1)c1ccccc1-c1ocnc1C(=O)N1CCCCC1. The molecule has 1 N–H and O–H groups in total. The molecule has 1 aliphatic rings. The maximum Gasteiger partial charge on any atom is 0.276 e. The molecule has 6 nitrogen and oxygen atoms in total. The molecular weight excluding hydrogens is 373 g/mol. The van der Waals surface area contributed by atoms with Crippen molar-refractivity contribution in [3.05, 3.63) is 72.0 Å². The Kier molecular flexibility index (Phi) is 5.37. The fourth-order valence-electron chi connectivity index (χ4n) is 3.48. The molecule has 4 rings (SSSR count). The Labute approximate surface area is 167 Å². The van der Waals surface area contributed by atoms with Crippen molar-refractivity contribution in [2.24, 2.45) is 0 Å². The van der Waals surface area contributed by atoms with Crippen LogP contribution in [-0.4, -0.2) is 34.8 Å². The second kappa shape index (κ2) is 8.26. The van der Waals surface area contributed by atoms with Crippen LogP contribution in [-0.2, 0) is 0 Å². The summed E-state index contributed by atoms with van der Waals surface area (Å²) in [4.78, 5) is 31.6. The molecule has 1 aliphatic heterocycles. The van der Waals surface area contributed by atoms with Gasteiger partial charge in [0.1, 0.15) is 5.82 Å². The molecule has 0 saturated carbocycles. The Morgan fingerprint density at radius 3 is 2.62 bits per heavy atom. The first-order valence-electron chi connectivity index (χ1n) is 9.52. The molecule has 2 amide bonds. The van der Waals surface area contributed by atoms with E-state index in [0.29, 0.717) is 29.9 Å². The number of oxazole rings is 1. The lowest BCUT2D eigenvalue weighted by atomic mass is 10.0. The van der Waals surface area contributed by atoms with Gasteiger partial charge in [0.05, 0.1) is 5.56 Å². The zero-order chi connectivity index (χ0) is 20.2. The summed E-state index contributed by atoms with van der Waals surface area (Å²) in [7, 11) is 0. The number of likely N-dealkylation sites (tertiary alicyclic amines) is 1. The van der Waals surface area contributed by atoms with E-state index >= 15 is 0 Å². The Hall–Kier alpha value is -3.48. The van der Waals surface area contributed by atoms with E-state index in [4.69, 9.17) is 4.42 Å². The topological polar surface area (TPSA) is 75.4 Å². The van der Waals surface area contributed by atoms with Gasteiger partial charge in [-0.2, -0.15) is 0 Å². The maximum atomic E-state index is 13.4. The van der Waals surface area contributed by atoms with Gasteiger partial charge in [0, 0.05) is 24.3 Å². The van der Waals surface area contributed by atoms with Crippen LogP contribution in [0.15, 0.2) is 59.3 Å². The zero-order valence-corrected chi connectivity index (χ0v) is 15.7. The van der Waals surface area contributed by atoms with Crippen LogP contribution in [0.3, 0.4) is 0 Å². The number of carbonyl (C=O) groups is 2. The number of hydrogen-bond donors (Lipinski definition) is 1. The number of benzene rings is 2. The van der Waals surface area contributed by atoms with Gasteiger partial charge in [-0.05, 0) is 43.5 Å². The minimum atomic E-state index is -0.444. The molecule has 3 aromatic rings. The van der Waals surface area contributed by atoms with Gasteiger partial charge in [-0.3, -0.25) is 9.59 Å². The number of aromatic nitrogens is 1. The van der Waals surface area contributed by atoms with Crippen molar-refractivity contribution >= 4 is 17.5 Å². The largest absolute Gasteiger partial charge is 0.443 e. The molecule has 1 saturated heterocycles. The van der Waals surface area contributed by atoms with Crippen molar-refractivity contribution in [2.75, 3.05) is 18.4 Å². The smallest absolute Gasteiger partial charge is 0.276 e. The first-order valence-corrected chi connectivity index (χ1v) is 9.52. The quantitative estimate of drug-likeness (QED) is 0.715. The van der Waals surface area contributed by atoms with Crippen LogP contribution in [0.5, 0.6) is 0 Å². The fraction of sp³-hybridized carbons (Fsp3) is 0.227. The predicted octanol–water partition coefficient (Wildman–Crippen LogP) is 4.36. The summed E-state index contributed by atoms with van der Waals surface area (Å²) >= 11 is 0. The van der Waals surface area contributed by atoms with E-state index < -0.39 is 11.7 Å². The Morgan fingerprint density at radius 1 is 1.03 bits per heavy atom. The minimum Gasteiger partial charge on any atom is -0.443 e. The predicted molar refractivity (Wildman–Crippen MR) is 106 cm³/mol. The maximum absolute atomic E-state index is 13.4. The van der Waals surface area contributed by atoms with Crippen LogP contribution in [0.4, 0.5) is 10.1 Å². The van der Waals surface area contributed by atoms with E-state index in [1.807, 2.05) is 0 Å². The molecule has 0 atom stereocenters. The molecule has 29 heavy (non-hydrogen) atoms. The van der Waals surface area contributed by atoms with Crippen LogP contribution < -0.4 is 5.32 Å². The second-order valence-corrected chi connectivity index (χ2v) is 6.89. The van der Waals surface area contributed by atoms with Gasteiger partial charge in [0.15, 0.2) is 17.8 Å². The van der Waals surface area contributed by atoms with Gasteiger partial charge in [0.25, 0.3) is 11.8 Å². The lowest BCUT2D eigenvalue weighted by Gasteiger charge is -2.26. The van der Waals surface area contributed by atoms with Gasteiger partial charge in [-0.15, -0.1) is 0 Å². The van der Waals surface area contributed by atoms with Crippen molar-refractivity contribution < 1.29 is 18.4 Å². The molecule has 0 aliphatic carbocycles. The fourth-order valence-corrected chi connectivity index (χ4v) is 3.48. The van der Waals surface area contributed by atoms with E-state index in [0.717, 1.165) is 19.3 Å². The van der Waals surface area contributed by atoms with Crippen LogP contribution in [0.25, 0.3) is 11.3 Å². The van der Waals surface area contributed by atoms with Gasteiger partial charge in [-0.25, -0.2) is 9.37 Å². The monoisotopic (exact) mass is 393 g/mol. The molecule has 0 unspecified atom stereocenters.